The number of likely N-dealkylation sites (tertiary alicyclic amines) is 1. The van der Waals surface area contributed by atoms with Gasteiger partial charge in [0.2, 0.25) is 0 Å². The van der Waals surface area contributed by atoms with Gasteiger partial charge in [0.25, 0.3) is 5.91 Å². The molecule has 4 heterocycles. The first-order valence-corrected chi connectivity index (χ1v) is 8.74. The molecule has 128 valence electrons. The van der Waals surface area contributed by atoms with E-state index >= 15 is 0 Å². The van der Waals surface area contributed by atoms with Crippen molar-refractivity contribution in [1.29, 1.82) is 0 Å². The van der Waals surface area contributed by atoms with Gasteiger partial charge in [0.15, 0.2) is 10.8 Å². The van der Waals surface area contributed by atoms with Gasteiger partial charge in [0.1, 0.15) is 5.65 Å². The van der Waals surface area contributed by atoms with E-state index in [1.54, 1.807) is 10.6 Å². The molecule has 0 spiro atoms. The van der Waals surface area contributed by atoms with E-state index in [1.165, 1.54) is 0 Å². The highest BCUT2D eigenvalue weighted by Crippen LogP contribution is 2.32. The van der Waals surface area contributed by atoms with Crippen molar-refractivity contribution in [3.8, 4) is 0 Å². The lowest BCUT2D eigenvalue weighted by molar-refractivity contribution is -0.0590. The number of carbonyl (C=O) groups is 1. The van der Waals surface area contributed by atoms with Gasteiger partial charge in [-0.3, -0.25) is 9.20 Å². The Morgan fingerprint density at radius 3 is 3.08 bits per heavy atom. The second kappa shape index (κ2) is 6.35. The summed E-state index contributed by atoms with van der Waals surface area (Å²) >= 11 is 6.25. The fraction of sp³-hybridized carbons (Fsp3) is 0.529. The molecule has 2 saturated heterocycles. The SMILES string of the molecule is O=C(c1c(Cl)nc2ccccn12)N1CCC[C@@H]1[C@H]1COCC[C@@H]1O. The molecule has 2 aliphatic heterocycles. The smallest absolute Gasteiger partial charge is 0.274 e. The number of amides is 1. The summed E-state index contributed by atoms with van der Waals surface area (Å²) in [7, 11) is 0. The van der Waals surface area contributed by atoms with E-state index in [9.17, 15) is 9.90 Å². The monoisotopic (exact) mass is 349 g/mol. The average Bonchev–Trinajstić information content (AvgIpc) is 3.18. The van der Waals surface area contributed by atoms with Crippen LogP contribution in [0.3, 0.4) is 0 Å². The normalized spacial score (nSPS) is 27.8. The lowest BCUT2D eigenvalue weighted by atomic mass is 9.89. The Morgan fingerprint density at radius 1 is 1.38 bits per heavy atom. The number of ether oxygens (including phenoxy) is 1. The highest BCUT2D eigenvalue weighted by Gasteiger charge is 2.41. The van der Waals surface area contributed by atoms with Crippen molar-refractivity contribution in [2.45, 2.75) is 31.4 Å². The molecule has 0 aromatic carbocycles. The minimum Gasteiger partial charge on any atom is -0.393 e. The van der Waals surface area contributed by atoms with Crippen molar-refractivity contribution in [1.82, 2.24) is 14.3 Å². The number of imidazole rings is 1. The molecule has 2 aliphatic rings. The number of fused-ring (bicyclic) bond motifs is 1. The van der Waals surface area contributed by atoms with Crippen molar-refractivity contribution in [3.63, 3.8) is 0 Å². The molecule has 1 amide bonds. The summed E-state index contributed by atoms with van der Waals surface area (Å²) < 4.78 is 7.27. The van der Waals surface area contributed by atoms with Crippen LogP contribution in [0.4, 0.5) is 0 Å². The van der Waals surface area contributed by atoms with Crippen molar-refractivity contribution in [3.05, 3.63) is 35.2 Å². The summed E-state index contributed by atoms with van der Waals surface area (Å²) in [4.78, 5) is 19.3. The van der Waals surface area contributed by atoms with Crippen LogP contribution in [0, 0.1) is 5.92 Å². The number of pyridine rings is 1. The second-order valence-electron chi connectivity index (χ2n) is 6.48. The Hall–Kier alpha value is -1.63. The van der Waals surface area contributed by atoms with Gasteiger partial charge in [-0.25, -0.2) is 4.98 Å². The molecular weight excluding hydrogens is 330 g/mol. The molecular formula is C17H20ClN3O3. The van der Waals surface area contributed by atoms with E-state index in [4.69, 9.17) is 16.3 Å². The molecule has 0 bridgehead atoms. The molecule has 2 aromatic heterocycles. The summed E-state index contributed by atoms with van der Waals surface area (Å²) in [5.41, 5.74) is 1.05. The Bertz CT molecular complexity index is 763. The summed E-state index contributed by atoms with van der Waals surface area (Å²) in [5.74, 6) is -0.165. The maximum absolute atomic E-state index is 13.2. The standard InChI is InChI=1S/C17H20ClN3O3/c18-16-15(21-7-2-1-5-14(21)19-16)17(23)20-8-3-4-12(20)11-10-24-9-6-13(11)22/h1-2,5,7,11-13,22H,3-4,6,8-10H2/t11-,12-,13+/m1/s1. The Labute approximate surface area is 145 Å². The molecule has 3 atom stereocenters. The zero-order chi connectivity index (χ0) is 16.7. The summed E-state index contributed by atoms with van der Waals surface area (Å²) in [6.45, 7) is 1.75. The number of carbonyl (C=O) groups excluding carboxylic acids is 1. The van der Waals surface area contributed by atoms with Gasteiger partial charge < -0.3 is 14.7 Å². The van der Waals surface area contributed by atoms with Crippen molar-refractivity contribution < 1.29 is 14.6 Å². The van der Waals surface area contributed by atoms with Crippen LogP contribution in [-0.4, -0.2) is 57.2 Å². The molecule has 6 nitrogen and oxygen atoms in total. The molecule has 2 fully saturated rings. The third kappa shape index (κ3) is 2.59. The number of hydrogen-bond donors (Lipinski definition) is 1. The van der Waals surface area contributed by atoms with Crippen molar-refractivity contribution in [2.75, 3.05) is 19.8 Å². The van der Waals surface area contributed by atoms with Crippen LogP contribution in [0.5, 0.6) is 0 Å². The number of nitrogens with zero attached hydrogens (tertiary/aromatic N) is 3. The molecule has 7 heteroatoms. The molecule has 4 rings (SSSR count). The van der Waals surface area contributed by atoms with Gasteiger partial charge in [-0.05, 0) is 31.4 Å². The molecule has 2 aromatic rings. The lowest BCUT2D eigenvalue weighted by Crippen LogP contribution is -2.48. The van der Waals surface area contributed by atoms with E-state index in [2.05, 4.69) is 4.98 Å². The van der Waals surface area contributed by atoms with E-state index in [0.717, 1.165) is 12.8 Å². The molecule has 24 heavy (non-hydrogen) atoms. The predicted molar refractivity (Wildman–Crippen MR) is 89.2 cm³/mol. The van der Waals surface area contributed by atoms with Crippen LogP contribution in [0.15, 0.2) is 24.4 Å². The topological polar surface area (TPSA) is 67.1 Å². The second-order valence-corrected chi connectivity index (χ2v) is 6.84. The Morgan fingerprint density at radius 2 is 2.25 bits per heavy atom. The maximum Gasteiger partial charge on any atom is 0.274 e. The van der Waals surface area contributed by atoms with Crippen molar-refractivity contribution in [2.24, 2.45) is 5.92 Å². The van der Waals surface area contributed by atoms with Gasteiger partial charge in [-0.1, -0.05) is 17.7 Å². The van der Waals surface area contributed by atoms with Crippen LogP contribution >= 0.6 is 11.6 Å². The van der Waals surface area contributed by atoms with Crippen LogP contribution in [0.25, 0.3) is 5.65 Å². The number of hydrogen-bond acceptors (Lipinski definition) is 4. The number of aliphatic hydroxyl groups is 1. The van der Waals surface area contributed by atoms with E-state index in [1.807, 2.05) is 23.1 Å². The number of aliphatic hydroxyl groups excluding tert-OH is 1. The first-order valence-electron chi connectivity index (χ1n) is 8.36. The number of aromatic nitrogens is 2. The summed E-state index contributed by atoms with van der Waals surface area (Å²) in [5, 5.41) is 10.5. The van der Waals surface area contributed by atoms with E-state index < -0.39 is 6.10 Å². The first kappa shape index (κ1) is 15.9. The van der Waals surface area contributed by atoms with Crippen LogP contribution in [0.2, 0.25) is 5.15 Å². The van der Waals surface area contributed by atoms with E-state index in [0.29, 0.717) is 37.5 Å². The van der Waals surface area contributed by atoms with Gasteiger partial charge >= 0.3 is 0 Å². The van der Waals surface area contributed by atoms with Gasteiger partial charge in [-0.2, -0.15) is 0 Å². The third-order valence-corrected chi connectivity index (χ3v) is 5.37. The highest BCUT2D eigenvalue weighted by atomic mass is 35.5. The molecule has 0 radical (unpaired) electrons. The molecule has 1 N–H and O–H groups in total. The third-order valence-electron chi connectivity index (χ3n) is 5.11. The highest BCUT2D eigenvalue weighted by molar-refractivity contribution is 6.32. The van der Waals surface area contributed by atoms with Crippen molar-refractivity contribution >= 4 is 23.2 Å². The zero-order valence-corrected chi connectivity index (χ0v) is 14.0. The first-order chi connectivity index (χ1) is 11.7. The van der Waals surface area contributed by atoms with Gasteiger partial charge in [-0.15, -0.1) is 0 Å². The predicted octanol–water partition coefficient (Wildman–Crippen LogP) is 1.99. The van der Waals surface area contributed by atoms with Crippen LogP contribution in [-0.2, 0) is 4.74 Å². The summed E-state index contributed by atoms with van der Waals surface area (Å²) in [6, 6.07) is 5.52. The Kier molecular flexibility index (Phi) is 4.20. The molecule has 0 unspecified atom stereocenters. The van der Waals surface area contributed by atoms with Gasteiger partial charge in [0, 0.05) is 31.3 Å². The fourth-order valence-corrected chi connectivity index (χ4v) is 4.16. The minimum absolute atomic E-state index is 0.0156. The maximum atomic E-state index is 13.2. The van der Waals surface area contributed by atoms with Crippen LogP contribution in [0.1, 0.15) is 29.8 Å². The van der Waals surface area contributed by atoms with E-state index in [-0.39, 0.29) is 23.0 Å². The zero-order valence-electron chi connectivity index (χ0n) is 13.3. The molecule has 0 aliphatic carbocycles. The minimum atomic E-state index is -0.421. The Balaban J connectivity index is 1.66. The fourth-order valence-electron chi connectivity index (χ4n) is 3.90. The van der Waals surface area contributed by atoms with Crippen LogP contribution < -0.4 is 0 Å². The number of rotatable bonds is 2. The lowest BCUT2D eigenvalue weighted by Gasteiger charge is -2.36. The average molecular weight is 350 g/mol. The number of halogens is 1. The van der Waals surface area contributed by atoms with Gasteiger partial charge in [0.05, 0.1) is 12.7 Å². The molecule has 0 saturated carbocycles. The summed E-state index contributed by atoms with van der Waals surface area (Å²) in [6.07, 6.45) is 3.80. The quantitative estimate of drug-likeness (QED) is 0.900. The largest absolute Gasteiger partial charge is 0.393 e.